The molecule has 0 radical (unpaired) electrons. The molecule has 3 heterocycles. The molecule has 166 valence electrons. The second kappa shape index (κ2) is 10.5. The zero-order chi connectivity index (χ0) is 21.5. The Morgan fingerprint density at radius 3 is 2.55 bits per heavy atom. The average Bonchev–Trinajstić information content (AvgIpc) is 2.82. The highest BCUT2D eigenvalue weighted by Gasteiger charge is 2.22. The zero-order valence-electron chi connectivity index (χ0n) is 18.3. The zero-order valence-corrected chi connectivity index (χ0v) is 18.3. The summed E-state index contributed by atoms with van der Waals surface area (Å²) in [4.78, 5) is 20.2. The molecule has 0 bridgehead atoms. The Morgan fingerprint density at radius 2 is 1.81 bits per heavy atom. The minimum absolute atomic E-state index is 0.405. The molecule has 2 N–H and O–H groups in total. The Bertz CT molecular complexity index is 852. The van der Waals surface area contributed by atoms with E-state index >= 15 is 0 Å². The summed E-state index contributed by atoms with van der Waals surface area (Å²) in [6.07, 6.45) is 4.13. The van der Waals surface area contributed by atoms with Crippen LogP contribution in [-0.2, 0) is 13.0 Å². The number of benzene rings is 1. The number of rotatable bonds is 6. The molecule has 4 rings (SSSR count). The third-order valence-electron chi connectivity index (χ3n) is 5.88. The number of aliphatic imine (C=N–C) groups is 1. The molecule has 1 aromatic carbocycles. The number of β-amino-alcohol motifs (C(OH)–C–C–N with tert-alkyl or cyclic N) is 1. The molecule has 8 nitrogen and oxygen atoms in total. The lowest BCUT2D eigenvalue weighted by Crippen LogP contribution is -2.53. The number of hydrogen-bond donors (Lipinski definition) is 2. The molecule has 0 spiro atoms. The number of nitrogens with zero attached hydrogens (tertiary/aromatic N) is 6. The van der Waals surface area contributed by atoms with Gasteiger partial charge in [-0.2, -0.15) is 0 Å². The third kappa shape index (κ3) is 5.71. The van der Waals surface area contributed by atoms with Crippen molar-refractivity contribution in [1.82, 2.24) is 25.1 Å². The van der Waals surface area contributed by atoms with Crippen LogP contribution in [-0.4, -0.2) is 89.3 Å². The van der Waals surface area contributed by atoms with Crippen molar-refractivity contribution >= 4 is 11.9 Å². The summed E-state index contributed by atoms with van der Waals surface area (Å²) < 4.78 is 0. The van der Waals surface area contributed by atoms with Gasteiger partial charge in [-0.25, -0.2) is 9.97 Å². The summed E-state index contributed by atoms with van der Waals surface area (Å²) in [6.45, 7) is 9.23. The number of anilines is 1. The summed E-state index contributed by atoms with van der Waals surface area (Å²) in [5.41, 5.74) is 2.80. The molecule has 0 saturated carbocycles. The normalized spacial score (nSPS) is 18.6. The predicted octanol–water partition coefficient (Wildman–Crippen LogP) is 0.983. The lowest BCUT2D eigenvalue weighted by Gasteiger charge is -2.36. The van der Waals surface area contributed by atoms with E-state index in [1.807, 2.05) is 6.07 Å². The van der Waals surface area contributed by atoms with Crippen molar-refractivity contribution in [3.05, 3.63) is 53.9 Å². The topological polar surface area (TPSA) is 80.1 Å². The van der Waals surface area contributed by atoms with Gasteiger partial charge in [0.1, 0.15) is 0 Å². The standard InChI is InChI=1S/C23H33N7O/c1-2-24-22(29-12-14-30(15-13-29)23-25-9-5-10-26-23)27-16-21(31)18-28-11-8-19-6-3-4-7-20(19)17-28/h3-7,9-10,21,31H,2,8,11-18H2,1H3,(H,24,27). The maximum atomic E-state index is 10.6. The smallest absolute Gasteiger partial charge is 0.225 e. The van der Waals surface area contributed by atoms with Crippen molar-refractivity contribution in [3.8, 4) is 0 Å². The van der Waals surface area contributed by atoms with E-state index in [4.69, 9.17) is 4.99 Å². The number of fused-ring (bicyclic) bond motifs is 1. The Kier molecular flexibility index (Phi) is 7.32. The van der Waals surface area contributed by atoms with Gasteiger partial charge >= 0.3 is 0 Å². The molecule has 2 aliphatic heterocycles. The number of piperazine rings is 1. The van der Waals surface area contributed by atoms with Crippen LogP contribution < -0.4 is 10.2 Å². The molecule has 2 aliphatic rings. The van der Waals surface area contributed by atoms with Gasteiger partial charge in [0.2, 0.25) is 5.95 Å². The summed E-state index contributed by atoms with van der Waals surface area (Å²) in [7, 11) is 0. The fourth-order valence-corrected chi connectivity index (χ4v) is 4.26. The van der Waals surface area contributed by atoms with Crippen LogP contribution in [0.2, 0.25) is 0 Å². The van der Waals surface area contributed by atoms with E-state index in [2.05, 4.69) is 61.2 Å². The number of nitrogens with one attached hydrogen (secondary N) is 1. The first-order valence-electron chi connectivity index (χ1n) is 11.3. The quantitative estimate of drug-likeness (QED) is 0.530. The second-order valence-electron chi connectivity index (χ2n) is 8.13. The van der Waals surface area contributed by atoms with Crippen molar-refractivity contribution in [2.75, 3.05) is 57.3 Å². The molecule has 0 amide bonds. The number of aliphatic hydroxyl groups is 1. The lowest BCUT2D eigenvalue weighted by molar-refractivity contribution is 0.111. The minimum atomic E-state index is -0.474. The van der Waals surface area contributed by atoms with E-state index in [1.54, 1.807) is 12.4 Å². The van der Waals surface area contributed by atoms with Crippen LogP contribution in [0.5, 0.6) is 0 Å². The van der Waals surface area contributed by atoms with Crippen LogP contribution in [0.4, 0.5) is 5.95 Å². The van der Waals surface area contributed by atoms with Crippen molar-refractivity contribution in [3.63, 3.8) is 0 Å². The number of aliphatic hydroxyl groups excluding tert-OH is 1. The Balaban J connectivity index is 1.29. The summed E-state index contributed by atoms with van der Waals surface area (Å²) >= 11 is 0. The van der Waals surface area contributed by atoms with Crippen LogP contribution in [0.3, 0.4) is 0 Å². The highest BCUT2D eigenvalue weighted by atomic mass is 16.3. The van der Waals surface area contributed by atoms with Gasteiger partial charge in [0.25, 0.3) is 0 Å². The number of aromatic nitrogens is 2. The van der Waals surface area contributed by atoms with Gasteiger partial charge in [-0.1, -0.05) is 24.3 Å². The van der Waals surface area contributed by atoms with Crippen LogP contribution in [0.15, 0.2) is 47.7 Å². The first kappa shape index (κ1) is 21.5. The van der Waals surface area contributed by atoms with Crippen molar-refractivity contribution < 1.29 is 5.11 Å². The largest absolute Gasteiger partial charge is 0.390 e. The molecule has 2 aromatic rings. The molecule has 0 aliphatic carbocycles. The fourth-order valence-electron chi connectivity index (χ4n) is 4.26. The van der Waals surface area contributed by atoms with E-state index < -0.39 is 6.10 Å². The monoisotopic (exact) mass is 423 g/mol. The first-order valence-corrected chi connectivity index (χ1v) is 11.3. The molecule has 31 heavy (non-hydrogen) atoms. The van der Waals surface area contributed by atoms with Crippen LogP contribution in [0.1, 0.15) is 18.1 Å². The van der Waals surface area contributed by atoms with Crippen molar-refractivity contribution in [2.45, 2.75) is 26.0 Å². The maximum Gasteiger partial charge on any atom is 0.225 e. The van der Waals surface area contributed by atoms with E-state index in [-0.39, 0.29) is 0 Å². The summed E-state index contributed by atoms with van der Waals surface area (Å²) in [5, 5.41) is 14.0. The van der Waals surface area contributed by atoms with Gasteiger partial charge in [-0.3, -0.25) is 9.89 Å². The molecule has 8 heteroatoms. The van der Waals surface area contributed by atoms with Crippen LogP contribution in [0.25, 0.3) is 0 Å². The lowest BCUT2D eigenvalue weighted by atomic mass is 10.00. The van der Waals surface area contributed by atoms with E-state index in [1.165, 1.54) is 11.1 Å². The summed E-state index contributed by atoms with van der Waals surface area (Å²) in [6, 6.07) is 10.4. The highest BCUT2D eigenvalue weighted by molar-refractivity contribution is 5.80. The van der Waals surface area contributed by atoms with E-state index in [9.17, 15) is 5.11 Å². The van der Waals surface area contributed by atoms with E-state index in [0.29, 0.717) is 13.1 Å². The molecular weight excluding hydrogens is 390 g/mol. The first-order chi connectivity index (χ1) is 15.2. The predicted molar refractivity (Wildman–Crippen MR) is 123 cm³/mol. The average molecular weight is 424 g/mol. The fraction of sp³-hybridized carbons (Fsp3) is 0.522. The van der Waals surface area contributed by atoms with Gasteiger partial charge in [0, 0.05) is 64.8 Å². The molecular formula is C23H33N7O. The SMILES string of the molecule is CCNC(=NCC(O)CN1CCc2ccccc2C1)N1CCN(c2ncccn2)CC1. The molecule has 1 saturated heterocycles. The molecule has 1 fully saturated rings. The van der Waals surface area contributed by atoms with Gasteiger partial charge in [-0.15, -0.1) is 0 Å². The Morgan fingerprint density at radius 1 is 1.06 bits per heavy atom. The van der Waals surface area contributed by atoms with Gasteiger partial charge in [0.05, 0.1) is 12.6 Å². The molecule has 1 aromatic heterocycles. The van der Waals surface area contributed by atoms with Crippen molar-refractivity contribution in [2.24, 2.45) is 4.99 Å². The third-order valence-corrected chi connectivity index (χ3v) is 5.88. The van der Waals surface area contributed by atoms with Gasteiger partial charge in [0.15, 0.2) is 5.96 Å². The molecule has 1 atom stereocenters. The van der Waals surface area contributed by atoms with E-state index in [0.717, 1.165) is 64.1 Å². The molecule has 1 unspecified atom stereocenters. The highest BCUT2D eigenvalue weighted by Crippen LogP contribution is 2.18. The summed E-state index contributed by atoms with van der Waals surface area (Å²) in [5.74, 6) is 1.65. The Labute approximate surface area is 184 Å². The van der Waals surface area contributed by atoms with Gasteiger partial charge in [-0.05, 0) is 30.5 Å². The van der Waals surface area contributed by atoms with Crippen LogP contribution in [0, 0.1) is 0 Å². The minimum Gasteiger partial charge on any atom is -0.390 e. The van der Waals surface area contributed by atoms with Crippen LogP contribution >= 0.6 is 0 Å². The Hall–Kier alpha value is -2.71. The number of hydrogen-bond acceptors (Lipinski definition) is 6. The van der Waals surface area contributed by atoms with Gasteiger partial charge < -0.3 is 20.2 Å². The number of guanidine groups is 1. The van der Waals surface area contributed by atoms with Crippen molar-refractivity contribution in [1.29, 1.82) is 0 Å². The second-order valence-corrected chi connectivity index (χ2v) is 8.13. The maximum absolute atomic E-state index is 10.6.